The number of hydrogen-bond donors (Lipinski definition) is 0. The lowest BCUT2D eigenvalue weighted by atomic mass is 10.2. The van der Waals surface area contributed by atoms with Crippen molar-refractivity contribution in [3.63, 3.8) is 0 Å². The number of rotatable bonds is 7. The molecule has 0 aliphatic carbocycles. The molecule has 0 saturated heterocycles. The second-order valence-electron chi connectivity index (χ2n) is 6.23. The summed E-state index contributed by atoms with van der Waals surface area (Å²) in [6.45, 7) is 0.103. The van der Waals surface area contributed by atoms with E-state index in [4.69, 9.17) is 4.74 Å². The molecule has 0 saturated carbocycles. The molecule has 30 heavy (non-hydrogen) atoms. The molecule has 4 rings (SSSR count). The lowest BCUT2D eigenvalue weighted by Crippen LogP contribution is -2.09. The van der Waals surface area contributed by atoms with Crippen LogP contribution in [0.4, 0.5) is 4.39 Å². The van der Waals surface area contributed by atoms with E-state index in [0.29, 0.717) is 22.2 Å². The Morgan fingerprint density at radius 1 is 0.967 bits per heavy atom. The van der Waals surface area contributed by atoms with Crippen molar-refractivity contribution in [2.75, 3.05) is 5.75 Å². The van der Waals surface area contributed by atoms with Crippen LogP contribution >= 0.6 is 11.8 Å². The summed E-state index contributed by atoms with van der Waals surface area (Å²) in [6.07, 6.45) is 1.64. The van der Waals surface area contributed by atoms with Gasteiger partial charge in [-0.25, -0.2) is 4.39 Å². The minimum Gasteiger partial charge on any atom is -0.459 e. The lowest BCUT2D eigenvalue weighted by Gasteiger charge is -2.10. The van der Waals surface area contributed by atoms with E-state index in [1.165, 1.54) is 17.8 Å². The summed E-state index contributed by atoms with van der Waals surface area (Å²) in [5.41, 5.74) is 1.77. The van der Waals surface area contributed by atoms with Gasteiger partial charge in [-0.3, -0.25) is 14.3 Å². The molecule has 0 N–H and O–H groups in total. The number of halogens is 1. The number of para-hydroxylation sites is 1. The van der Waals surface area contributed by atoms with Crippen molar-refractivity contribution in [2.45, 2.75) is 11.8 Å². The Morgan fingerprint density at radius 3 is 2.50 bits per heavy atom. The van der Waals surface area contributed by atoms with Crippen molar-refractivity contribution in [3.8, 4) is 17.1 Å². The summed E-state index contributed by atoms with van der Waals surface area (Å²) in [6, 6.07) is 21.2. The second kappa shape index (κ2) is 9.32. The van der Waals surface area contributed by atoms with E-state index in [2.05, 4.69) is 15.2 Å². The molecule has 0 fully saturated rings. The predicted octanol–water partition coefficient (Wildman–Crippen LogP) is 4.30. The summed E-state index contributed by atoms with van der Waals surface area (Å²) in [5.74, 6) is -0.396. The number of carbonyl (C=O) groups excluding carboxylic acids is 1. The van der Waals surface area contributed by atoms with Crippen LogP contribution in [0.1, 0.15) is 5.69 Å². The number of carbonyl (C=O) groups is 1. The predicted molar refractivity (Wildman–Crippen MR) is 112 cm³/mol. The molecular formula is C22H17FN4O2S. The Bertz CT molecular complexity index is 1140. The zero-order valence-electron chi connectivity index (χ0n) is 15.8. The molecule has 0 amide bonds. The third-order valence-electron chi connectivity index (χ3n) is 4.19. The van der Waals surface area contributed by atoms with Crippen molar-refractivity contribution in [1.29, 1.82) is 0 Å². The van der Waals surface area contributed by atoms with Crippen LogP contribution in [0.5, 0.6) is 0 Å². The first-order valence-corrected chi connectivity index (χ1v) is 10.1. The normalized spacial score (nSPS) is 10.7. The van der Waals surface area contributed by atoms with Gasteiger partial charge in [0.25, 0.3) is 0 Å². The smallest absolute Gasteiger partial charge is 0.316 e. The van der Waals surface area contributed by atoms with E-state index in [1.54, 1.807) is 41.1 Å². The number of benzene rings is 2. The van der Waals surface area contributed by atoms with Crippen LogP contribution in [0.3, 0.4) is 0 Å². The average Bonchev–Trinajstić information content (AvgIpc) is 3.21. The third kappa shape index (κ3) is 4.55. The van der Waals surface area contributed by atoms with Crippen molar-refractivity contribution in [1.82, 2.24) is 19.7 Å². The summed E-state index contributed by atoms with van der Waals surface area (Å²) >= 11 is 1.18. The molecule has 2 aromatic carbocycles. The number of pyridine rings is 1. The number of hydrogen-bond acceptors (Lipinski definition) is 6. The number of ether oxygens (including phenoxy) is 1. The van der Waals surface area contributed by atoms with Gasteiger partial charge in [-0.15, -0.1) is 10.2 Å². The molecule has 0 radical (unpaired) electrons. The molecule has 2 aromatic heterocycles. The highest BCUT2D eigenvalue weighted by Gasteiger charge is 2.19. The van der Waals surface area contributed by atoms with Gasteiger partial charge in [0.15, 0.2) is 11.0 Å². The second-order valence-corrected chi connectivity index (χ2v) is 7.17. The minimum atomic E-state index is -0.402. The highest BCUT2D eigenvalue weighted by atomic mass is 32.2. The first kappa shape index (κ1) is 19.8. The largest absolute Gasteiger partial charge is 0.459 e. The molecule has 150 valence electrons. The molecule has 6 nitrogen and oxygen atoms in total. The Kier molecular flexibility index (Phi) is 6.14. The first-order chi connectivity index (χ1) is 14.7. The number of esters is 1. The van der Waals surface area contributed by atoms with Gasteiger partial charge in [-0.05, 0) is 36.4 Å². The molecule has 8 heteroatoms. The van der Waals surface area contributed by atoms with E-state index in [9.17, 15) is 9.18 Å². The van der Waals surface area contributed by atoms with Crippen molar-refractivity contribution >= 4 is 17.7 Å². The van der Waals surface area contributed by atoms with Crippen LogP contribution < -0.4 is 0 Å². The van der Waals surface area contributed by atoms with Crippen LogP contribution in [0.2, 0.25) is 0 Å². The van der Waals surface area contributed by atoms with Crippen molar-refractivity contribution in [2.24, 2.45) is 0 Å². The molecule has 0 unspecified atom stereocenters. The Hall–Kier alpha value is -3.52. The van der Waals surface area contributed by atoms with Crippen molar-refractivity contribution in [3.05, 3.63) is 90.5 Å². The van der Waals surface area contributed by atoms with Crippen LogP contribution in [-0.2, 0) is 16.1 Å². The number of aromatic nitrogens is 4. The van der Waals surface area contributed by atoms with Gasteiger partial charge < -0.3 is 4.74 Å². The van der Waals surface area contributed by atoms with Gasteiger partial charge in [-0.2, -0.15) is 0 Å². The summed E-state index contributed by atoms with van der Waals surface area (Å²) in [5, 5.41) is 8.84. The maximum atomic E-state index is 14.4. The molecule has 2 heterocycles. The fourth-order valence-corrected chi connectivity index (χ4v) is 3.54. The standard InChI is InChI=1S/C22H17FN4O2S/c23-19-12-5-4-11-18(19)21-25-26-22(27(21)17-9-2-1-3-10-17)30-15-20(28)29-14-16-8-6-7-13-24-16/h1-13H,14-15H2. The Labute approximate surface area is 176 Å². The zero-order chi connectivity index (χ0) is 20.8. The Balaban J connectivity index is 1.55. The zero-order valence-corrected chi connectivity index (χ0v) is 16.6. The Morgan fingerprint density at radius 2 is 1.73 bits per heavy atom. The van der Waals surface area contributed by atoms with Gasteiger partial charge in [0.2, 0.25) is 0 Å². The van der Waals surface area contributed by atoms with Crippen LogP contribution in [-0.4, -0.2) is 31.5 Å². The highest BCUT2D eigenvalue weighted by Crippen LogP contribution is 2.29. The maximum absolute atomic E-state index is 14.4. The van der Waals surface area contributed by atoms with Gasteiger partial charge in [-0.1, -0.05) is 48.2 Å². The fourth-order valence-electron chi connectivity index (χ4n) is 2.79. The summed E-state index contributed by atoms with van der Waals surface area (Å²) < 4.78 is 21.4. The van der Waals surface area contributed by atoms with Crippen LogP contribution in [0, 0.1) is 5.82 Å². The number of thioether (sulfide) groups is 1. The summed E-state index contributed by atoms with van der Waals surface area (Å²) in [4.78, 5) is 16.3. The quantitative estimate of drug-likeness (QED) is 0.328. The topological polar surface area (TPSA) is 69.9 Å². The van der Waals surface area contributed by atoms with Crippen LogP contribution in [0.15, 0.2) is 84.1 Å². The van der Waals surface area contributed by atoms with Gasteiger partial charge in [0.1, 0.15) is 12.4 Å². The first-order valence-electron chi connectivity index (χ1n) is 9.16. The van der Waals surface area contributed by atoms with E-state index in [-0.39, 0.29) is 12.4 Å². The van der Waals surface area contributed by atoms with E-state index < -0.39 is 11.8 Å². The molecule has 0 bridgehead atoms. The lowest BCUT2D eigenvalue weighted by molar-refractivity contribution is -0.141. The van der Waals surface area contributed by atoms with E-state index in [1.807, 2.05) is 36.4 Å². The van der Waals surface area contributed by atoms with Gasteiger partial charge in [0, 0.05) is 11.9 Å². The molecular weight excluding hydrogens is 403 g/mol. The van der Waals surface area contributed by atoms with Crippen molar-refractivity contribution < 1.29 is 13.9 Å². The fraction of sp³-hybridized carbons (Fsp3) is 0.0909. The SMILES string of the molecule is O=C(CSc1nnc(-c2ccccc2F)n1-c1ccccc1)OCc1ccccn1. The maximum Gasteiger partial charge on any atom is 0.316 e. The highest BCUT2D eigenvalue weighted by molar-refractivity contribution is 7.99. The molecule has 0 aliphatic rings. The van der Waals surface area contributed by atoms with Gasteiger partial charge in [0.05, 0.1) is 17.0 Å². The summed E-state index contributed by atoms with van der Waals surface area (Å²) in [7, 11) is 0. The minimum absolute atomic E-state index is 0.0368. The van der Waals surface area contributed by atoms with E-state index in [0.717, 1.165) is 5.69 Å². The number of nitrogens with zero attached hydrogens (tertiary/aromatic N) is 4. The average molecular weight is 420 g/mol. The molecule has 0 aliphatic heterocycles. The van der Waals surface area contributed by atoms with E-state index >= 15 is 0 Å². The molecule has 4 aromatic rings. The monoisotopic (exact) mass is 420 g/mol. The van der Waals surface area contributed by atoms with Gasteiger partial charge >= 0.3 is 5.97 Å². The molecule has 0 spiro atoms. The molecule has 0 atom stereocenters. The third-order valence-corrected chi connectivity index (χ3v) is 5.09. The van der Waals surface area contributed by atoms with Crippen LogP contribution in [0.25, 0.3) is 17.1 Å².